The molecule has 1 aliphatic carbocycles. The highest BCUT2D eigenvalue weighted by Gasteiger charge is 2.38. The van der Waals surface area contributed by atoms with Crippen LogP contribution >= 0.6 is 11.3 Å². The molecule has 3 unspecified atom stereocenters. The van der Waals surface area contributed by atoms with Crippen LogP contribution in [-0.2, 0) is 0 Å². The molecule has 0 bridgehead atoms. The molecular weight excluding hydrogens is 228 g/mol. The van der Waals surface area contributed by atoms with Gasteiger partial charge in [0.2, 0.25) is 0 Å². The molecule has 92 valence electrons. The SMILES string of the molecule is CC1=NC(c2scc(C)c2C)C2CCCC2N1. The molecule has 0 spiro atoms. The molecule has 17 heavy (non-hydrogen) atoms. The van der Waals surface area contributed by atoms with Gasteiger partial charge in [-0.15, -0.1) is 11.3 Å². The third kappa shape index (κ3) is 1.81. The van der Waals surface area contributed by atoms with E-state index in [1.54, 1.807) is 0 Å². The topological polar surface area (TPSA) is 24.4 Å². The number of rotatable bonds is 1. The molecule has 1 N–H and O–H groups in total. The highest BCUT2D eigenvalue weighted by molar-refractivity contribution is 7.10. The van der Waals surface area contributed by atoms with Gasteiger partial charge in [0.25, 0.3) is 0 Å². The summed E-state index contributed by atoms with van der Waals surface area (Å²) in [4.78, 5) is 6.39. The molecule has 1 aliphatic heterocycles. The Hall–Kier alpha value is -0.830. The number of amidine groups is 1. The highest BCUT2D eigenvalue weighted by atomic mass is 32.1. The lowest BCUT2D eigenvalue weighted by molar-refractivity contribution is 0.360. The quantitative estimate of drug-likeness (QED) is 0.807. The van der Waals surface area contributed by atoms with E-state index >= 15 is 0 Å². The van der Waals surface area contributed by atoms with Crippen molar-refractivity contribution in [2.75, 3.05) is 0 Å². The average molecular weight is 248 g/mol. The zero-order valence-corrected chi connectivity index (χ0v) is 11.6. The van der Waals surface area contributed by atoms with Gasteiger partial charge in [-0.25, -0.2) is 0 Å². The van der Waals surface area contributed by atoms with Crippen LogP contribution in [0.2, 0.25) is 0 Å². The van der Waals surface area contributed by atoms with Gasteiger partial charge in [-0.2, -0.15) is 0 Å². The highest BCUT2D eigenvalue weighted by Crippen LogP contribution is 2.43. The minimum atomic E-state index is 0.419. The number of fused-ring (bicyclic) bond motifs is 1. The lowest BCUT2D eigenvalue weighted by Gasteiger charge is -2.32. The van der Waals surface area contributed by atoms with Gasteiger partial charge in [0.1, 0.15) is 0 Å². The monoisotopic (exact) mass is 248 g/mol. The van der Waals surface area contributed by atoms with Gasteiger partial charge in [-0.05, 0) is 50.1 Å². The van der Waals surface area contributed by atoms with E-state index in [0.29, 0.717) is 12.1 Å². The standard InChI is InChI=1S/C14H20N2S/c1-8-7-17-14(9(8)2)13-11-5-4-6-12(11)15-10(3)16-13/h7,11-13H,4-6H2,1-3H3,(H,15,16). The molecule has 1 saturated carbocycles. The Morgan fingerprint density at radius 2 is 2.12 bits per heavy atom. The van der Waals surface area contributed by atoms with Crippen molar-refractivity contribution in [3.05, 3.63) is 21.4 Å². The number of aryl methyl sites for hydroxylation is 1. The Morgan fingerprint density at radius 1 is 1.29 bits per heavy atom. The molecule has 1 aromatic heterocycles. The maximum Gasteiger partial charge on any atom is 0.0942 e. The van der Waals surface area contributed by atoms with Gasteiger partial charge in [0, 0.05) is 16.8 Å². The summed E-state index contributed by atoms with van der Waals surface area (Å²) in [5, 5.41) is 5.84. The minimum Gasteiger partial charge on any atom is -0.371 e. The maximum atomic E-state index is 4.89. The summed E-state index contributed by atoms with van der Waals surface area (Å²) in [5.74, 6) is 1.85. The van der Waals surface area contributed by atoms with Crippen LogP contribution in [0.4, 0.5) is 0 Å². The van der Waals surface area contributed by atoms with E-state index in [-0.39, 0.29) is 0 Å². The largest absolute Gasteiger partial charge is 0.371 e. The molecule has 1 aromatic rings. The molecule has 3 rings (SSSR count). The number of thiophene rings is 1. The summed E-state index contributed by atoms with van der Waals surface area (Å²) in [5.41, 5.74) is 2.88. The lowest BCUT2D eigenvalue weighted by atomic mass is 9.90. The van der Waals surface area contributed by atoms with E-state index in [0.717, 1.165) is 11.8 Å². The third-order valence-corrected chi connectivity index (χ3v) is 5.57. The predicted molar refractivity (Wildman–Crippen MR) is 73.9 cm³/mol. The summed E-state index contributed by atoms with van der Waals surface area (Å²) in [6.45, 7) is 6.56. The Labute approximate surface area is 107 Å². The molecule has 0 aromatic carbocycles. The average Bonchev–Trinajstić information content (AvgIpc) is 2.87. The normalized spacial score (nSPS) is 31.9. The van der Waals surface area contributed by atoms with Crippen molar-refractivity contribution in [3.8, 4) is 0 Å². The van der Waals surface area contributed by atoms with Gasteiger partial charge in [0.15, 0.2) is 0 Å². The fraction of sp³-hybridized carbons (Fsp3) is 0.643. The molecular formula is C14H20N2S. The van der Waals surface area contributed by atoms with E-state index in [2.05, 4.69) is 31.5 Å². The number of nitrogens with one attached hydrogen (secondary N) is 1. The Kier molecular flexibility index (Phi) is 2.74. The van der Waals surface area contributed by atoms with Crippen molar-refractivity contribution in [2.45, 2.75) is 52.1 Å². The molecule has 1 fully saturated rings. The smallest absolute Gasteiger partial charge is 0.0942 e. The summed E-state index contributed by atoms with van der Waals surface area (Å²) in [6, 6.07) is 1.08. The number of aliphatic imine (C=N–C) groups is 1. The summed E-state index contributed by atoms with van der Waals surface area (Å²) >= 11 is 1.90. The van der Waals surface area contributed by atoms with Gasteiger partial charge in [-0.1, -0.05) is 6.42 Å². The predicted octanol–water partition coefficient (Wildman–Crippen LogP) is 3.60. The van der Waals surface area contributed by atoms with Gasteiger partial charge in [-0.3, -0.25) is 4.99 Å². The van der Waals surface area contributed by atoms with Crippen molar-refractivity contribution < 1.29 is 0 Å². The fourth-order valence-electron chi connectivity index (χ4n) is 3.22. The van der Waals surface area contributed by atoms with Gasteiger partial charge in [0.05, 0.1) is 11.9 Å². The maximum absolute atomic E-state index is 4.89. The van der Waals surface area contributed by atoms with Crippen LogP contribution < -0.4 is 5.32 Å². The van der Waals surface area contributed by atoms with E-state index < -0.39 is 0 Å². The van der Waals surface area contributed by atoms with Crippen LogP contribution in [0.15, 0.2) is 10.4 Å². The fourth-order valence-corrected chi connectivity index (χ4v) is 4.41. The first-order valence-electron chi connectivity index (χ1n) is 6.52. The van der Waals surface area contributed by atoms with Crippen LogP contribution in [0.5, 0.6) is 0 Å². The molecule has 0 radical (unpaired) electrons. The van der Waals surface area contributed by atoms with Crippen molar-refractivity contribution in [1.82, 2.24) is 5.32 Å². The van der Waals surface area contributed by atoms with Crippen LogP contribution in [0.25, 0.3) is 0 Å². The minimum absolute atomic E-state index is 0.419. The van der Waals surface area contributed by atoms with Crippen molar-refractivity contribution in [3.63, 3.8) is 0 Å². The zero-order chi connectivity index (χ0) is 12.0. The van der Waals surface area contributed by atoms with E-state index in [1.807, 2.05) is 11.3 Å². The second-order valence-corrected chi connectivity index (χ2v) is 6.32. The molecule has 3 heteroatoms. The van der Waals surface area contributed by atoms with E-state index in [4.69, 9.17) is 4.99 Å². The molecule has 0 amide bonds. The Balaban J connectivity index is 2.00. The van der Waals surface area contributed by atoms with Crippen LogP contribution in [0, 0.1) is 19.8 Å². The Morgan fingerprint density at radius 3 is 2.82 bits per heavy atom. The molecule has 0 saturated heterocycles. The van der Waals surface area contributed by atoms with Crippen LogP contribution in [-0.4, -0.2) is 11.9 Å². The first kappa shape index (κ1) is 11.3. The second kappa shape index (κ2) is 4.13. The van der Waals surface area contributed by atoms with Gasteiger partial charge < -0.3 is 5.32 Å². The summed E-state index contributed by atoms with van der Waals surface area (Å²) in [6.07, 6.45) is 4.00. The van der Waals surface area contributed by atoms with E-state index in [1.165, 1.54) is 35.3 Å². The zero-order valence-electron chi connectivity index (χ0n) is 10.8. The second-order valence-electron chi connectivity index (χ2n) is 5.41. The number of hydrogen-bond acceptors (Lipinski definition) is 3. The lowest BCUT2D eigenvalue weighted by Crippen LogP contribution is -2.42. The van der Waals surface area contributed by atoms with E-state index in [9.17, 15) is 0 Å². The molecule has 2 aliphatic rings. The molecule has 2 nitrogen and oxygen atoms in total. The van der Waals surface area contributed by atoms with Crippen molar-refractivity contribution in [2.24, 2.45) is 10.9 Å². The van der Waals surface area contributed by atoms with Crippen LogP contribution in [0.3, 0.4) is 0 Å². The molecule has 2 heterocycles. The van der Waals surface area contributed by atoms with Crippen molar-refractivity contribution in [1.29, 1.82) is 0 Å². The number of hydrogen-bond donors (Lipinski definition) is 1. The van der Waals surface area contributed by atoms with Crippen LogP contribution in [0.1, 0.15) is 48.2 Å². The first-order chi connectivity index (χ1) is 8.16. The third-order valence-electron chi connectivity index (χ3n) is 4.29. The van der Waals surface area contributed by atoms with Gasteiger partial charge >= 0.3 is 0 Å². The Bertz CT molecular complexity index is 461. The first-order valence-corrected chi connectivity index (χ1v) is 7.40. The molecule has 3 atom stereocenters. The summed E-state index contributed by atoms with van der Waals surface area (Å²) in [7, 11) is 0. The van der Waals surface area contributed by atoms with Crippen molar-refractivity contribution >= 4 is 17.2 Å². The number of nitrogens with zero attached hydrogens (tertiary/aromatic N) is 1. The summed E-state index contributed by atoms with van der Waals surface area (Å²) < 4.78 is 0.